The Kier molecular flexibility index (Phi) is 7.64. The number of carbonyl (C=O) groups is 2. The predicted octanol–water partition coefficient (Wildman–Crippen LogP) is 1.78. The normalized spacial score (nSPS) is 15.3. The third kappa shape index (κ3) is 6.05. The average Bonchev–Trinajstić information content (AvgIpc) is 2.79. The smallest absolute Gasteiger partial charge is 0.251 e. The molecule has 0 unspecified atom stereocenters. The molecule has 0 radical (unpaired) electrons. The van der Waals surface area contributed by atoms with Crippen LogP contribution in [0.5, 0.6) is 5.75 Å². The Morgan fingerprint density at radius 2 is 1.68 bits per heavy atom. The molecule has 1 heterocycles. The third-order valence-corrected chi connectivity index (χ3v) is 6.95. The van der Waals surface area contributed by atoms with Crippen LogP contribution in [0.2, 0.25) is 0 Å². The van der Waals surface area contributed by atoms with Crippen LogP contribution < -0.4 is 15.4 Å². The molecule has 0 aliphatic carbocycles. The lowest BCUT2D eigenvalue weighted by atomic mass is 10.1. The summed E-state index contributed by atoms with van der Waals surface area (Å²) in [5, 5.41) is 5.46. The van der Waals surface area contributed by atoms with Crippen LogP contribution in [-0.4, -0.2) is 56.8 Å². The molecule has 2 amide bonds. The van der Waals surface area contributed by atoms with Crippen LogP contribution in [-0.2, 0) is 14.8 Å². The van der Waals surface area contributed by atoms with Gasteiger partial charge in [-0.2, -0.15) is 4.31 Å². The number of sulfonamides is 1. The molecule has 0 aromatic heterocycles. The molecule has 0 spiro atoms. The monoisotopic (exact) mass is 445 g/mol. The molecule has 1 aliphatic heterocycles. The number of rotatable bonds is 8. The SMILES string of the molecule is CCOc1ccc(S(=O)(=O)N2CCC(NC(=O)CNC(=O)c3ccccc3)CC2)cc1. The molecular formula is C22H27N3O5S. The minimum atomic E-state index is -3.59. The molecule has 166 valence electrons. The Bertz CT molecular complexity index is 986. The van der Waals surface area contributed by atoms with Crippen molar-refractivity contribution in [3.8, 4) is 5.75 Å². The van der Waals surface area contributed by atoms with Gasteiger partial charge in [-0.3, -0.25) is 9.59 Å². The third-order valence-electron chi connectivity index (χ3n) is 5.04. The van der Waals surface area contributed by atoms with Gasteiger partial charge in [0.05, 0.1) is 18.0 Å². The van der Waals surface area contributed by atoms with Crippen molar-refractivity contribution in [2.45, 2.75) is 30.7 Å². The van der Waals surface area contributed by atoms with E-state index in [0.717, 1.165) is 0 Å². The molecule has 1 saturated heterocycles. The number of benzene rings is 2. The van der Waals surface area contributed by atoms with Crippen molar-refractivity contribution in [1.29, 1.82) is 0 Å². The maximum atomic E-state index is 12.8. The largest absolute Gasteiger partial charge is 0.494 e. The lowest BCUT2D eigenvalue weighted by Crippen LogP contribution is -2.48. The van der Waals surface area contributed by atoms with Gasteiger partial charge in [0.1, 0.15) is 5.75 Å². The Labute approximate surface area is 182 Å². The van der Waals surface area contributed by atoms with Gasteiger partial charge in [0.15, 0.2) is 0 Å². The van der Waals surface area contributed by atoms with Crippen LogP contribution in [0.3, 0.4) is 0 Å². The predicted molar refractivity (Wildman–Crippen MR) is 116 cm³/mol. The van der Waals surface area contributed by atoms with Crippen LogP contribution >= 0.6 is 0 Å². The van der Waals surface area contributed by atoms with Crippen molar-refractivity contribution >= 4 is 21.8 Å². The van der Waals surface area contributed by atoms with E-state index in [1.165, 1.54) is 4.31 Å². The molecule has 2 N–H and O–H groups in total. The zero-order chi connectivity index (χ0) is 22.3. The topological polar surface area (TPSA) is 105 Å². The highest BCUT2D eigenvalue weighted by molar-refractivity contribution is 7.89. The molecular weight excluding hydrogens is 418 g/mol. The summed E-state index contributed by atoms with van der Waals surface area (Å²) in [4.78, 5) is 24.4. The van der Waals surface area contributed by atoms with Crippen LogP contribution in [0.25, 0.3) is 0 Å². The first-order chi connectivity index (χ1) is 14.9. The van der Waals surface area contributed by atoms with Crippen molar-refractivity contribution < 1.29 is 22.7 Å². The molecule has 0 bridgehead atoms. The summed E-state index contributed by atoms with van der Waals surface area (Å²) in [6.07, 6.45) is 1.02. The summed E-state index contributed by atoms with van der Waals surface area (Å²) in [5.41, 5.74) is 0.489. The fourth-order valence-electron chi connectivity index (χ4n) is 3.39. The van der Waals surface area contributed by atoms with E-state index in [-0.39, 0.29) is 29.3 Å². The molecule has 2 aromatic rings. The molecule has 3 rings (SSSR count). The minimum absolute atomic E-state index is 0.127. The second kappa shape index (κ2) is 10.4. The van der Waals surface area contributed by atoms with E-state index >= 15 is 0 Å². The maximum absolute atomic E-state index is 12.8. The van der Waals surface area contributed by atoms with Crippen molar-refractivity contribution in [2.24, 2.45) is 0 Å². The van der Waals surface area contributed by atoms with Gasteiger partial charge in [-0.1, -0.05) is 18.2 Å². The van der Waals surface area contributed by atoms with Crippen molar-refractivity contribution in [2.75, 3.05) is 26.2 Å². The number of hydrogen-bond acceptors (Lipinski definition) is 5. The molecule has 0 atom stereocenters. The van der Waals surface area contributed by atoms with Gasteiger partial charge in [-0.15, -0.1) is 0 Å². The van der Waals surface area contributed by atoms with Crippen LogP contribution in [0.1, 0.15) is 30.1 Å². The number of amides is 2. The first-order valence-corrected chi connectivity index (χ1v) is 11.7. The minimum Gasteiger partial charge on any atom is -0.494 e. The van der Waals surface area contributed by atoms with Gasteiger partial charge < -0.3 is 15.4 Å². The Morgan fingerprint density at radius 1 is 1.03 bits per heavy atom. The molecule has 31 heavy (non-hydrogen) atoms. The standard InChI is InChI=1S/C22H27N3O5S/c1-2-30-19-8-10-20(11-9-19)31(28,29)25-14-12-18(13-15-25)24-21(26)16-23-22(27)17-6-4-3-5-7-17/h3-11,18H,2,12-16H2,1H3,(H,23,27)(H,24,26). The van der Waals surface area contributed by atoms with E-state index in [1.54, 1.807) is 48.5 Å². The Balaban J connectivity index is 1.46. The fourth-order valence-corrected chi connectivity index (χ4v) is 4.86. The maximum Gasteiger partial charge on any atom is 0.251 e. The highest BCUT2D eigenvalue weighted by atomic mass is 32.2. The quantitative estimate of drug-likeness (QED) is 0.645. The molecule has 8 nitrogen and oxygen atoms in total. The van der Waals surface area contributed by atoms with E-state index in [0.29, 0.717) is 43.9 Å². The highest BCUT2D eigenvalue weighted by Gasteiger charge is 2.30. The average molecular weight is 446 g/mol. The summed E-state index contributed by atoms with van der Waals surface area (Å²) in [6, 6.07) is 14.9. The number of nitrogens with zero attached hydrogens (tertiary/aromatic N) is 1. The van der Waals surface area contributed by atoms with Gasteiger partial charge in [0.25, 0.3) is 5.91 Å². The fraction of sp³-hybridized carbons (Fsp3) is 0.364. The van der Waals surface area contributed by atoms with E-state index in [9.17, 15) is 18.0 Å². The number of carbonyl (C=O) groups excluding carboxylic acids is 2. The number of ether oxygens (including phenoxy) is 1. The van der Waals surface area contributed by atoms with Crippen LogP contribution in [0.4, 0.5) is 0 Å². The van der Waals surface area contributed by atoms with Gasteiger partial charge in [0.2, 0.25) is 15.9 Å². The summed E-state index contributed by atoms with van der Waals surface area (Å²) >= 11 is 0. The summed E-state index contributed by atoms with van der Waals surface area (Å²) in [6.45, 7) is 2.89. The lowest BCUT2D eigenvalue weighted by Gasteiger charge is -2.31. The number of piperidine rings is 1. The molecule has 0 saturated carbocycles. The van der Waals surface area contributed by atoms with Gasteiger partial charge >= 0.3 is 0 Å². The highest BCUT2D eigenvalue weighted by Crippen LogP contribution is 2.23. The zero-order valence-electron chi connectivity index (χ0n) is 17.4. The van der Waals surface area contributed by atoms with Crippen molar-refractivity contribution in [3.63, 3.8) is 0 Å². The number of nitrogens with one attached hydrogen (secondary N) is 2. The molecule has 1 aliphatic rings. The van der Waals surface area contributed by atoms with Crippen LogP contribution in [0, 0.1) is 0 Å². The van der Waals surface area contributed by atoms with Crippen LogP contribution in [0.15, 0.2) is 59.5 Å². The molecule has 9 heteroatoms. The second-order valence-corrected chi connectivity index (χ2v) is 9.14. The van der Waals surface area contributed by atoms with E-state index in [1.807, 2.05) is 13.0 Å². The first-order valence-electron chi connectivity index (χ1n) is 10.3. The van der Waals surface area contributed by atoms with E-state index in [4.69, 9.17) is 4.74 Å². The zero-order valence-corrected chi connectivity index (χ0v) is 18.2. The van der Waals surface area contributed by atoms with E-state index in [2.05, 4.69) is 10.6 Å². The Morgan fingerprint density at radius 3 is 2.29 bits per heavy atom. The Hall–Kier alpha value is -2.91. The van der Waals surface area contributed by atoms with Crippen molar-refractivity contribution in [3.05, 3.63) is 60.2 Å². The van der Waals surface area contributed by atoms with Gasteiger partial charge in [-0.05, 0) is 56.2 Å². The van der Waals surface area contributed by atoms with E-state index < -0.39 is 10.0 Å². The lowest BCUT2D eigenvalue weighted by molar-refractivity contribution is -0.121. The van der Waals surface area contributed by atoms with Gasteiger partial charge in [0, 0.05) is 24.7 Å². The first kappa shape index (κ1) is 22.8. The molecule has 2 aromatic carbocycles. The second-order valence-electron chi connectivity index (χ2n) is 7.20. The van der Waals surface area contributed by atoms with Crippen molar-refractivity contribution in [1.82, 2.24) is 14.9 Å². The summed E-state index contributed by atoms with van der Waals surface area (Å²) in [5.74, 6) is 0.0198. The summed E-state index contributed by atoms with van der Waals surface area (Å²) in [7, 11) is -3.59. The molecule has 1 fully saturated rings. The summed E-state index contributed by atoms with van der Waals surface area (Å²) < 4.78 is 32.5. The van der Waals surface area contributed by atoms with Gasteiger partial charge in [-0.25, -0.2) is 8.42 Å². The number of hydrogen-bond donors (Lipinski definition) is 2.